The summed E-state index contributed by atoms with van der Waals surface area (Å²) in [6.45, 7) is 4.26. The van der Waals surface area contributed by atoms with Gasteiger partial charge in [0.25, 0.3) is 0 Å². The van der Waals surface area contributed by atoms with Gasteiger partial charge in [-0.1, -0.05) is 25.5 Å². The van der Waals surface area contributed by atoms with Gasteiger partial charge in [-0.2, -0.15) is 0 Å². The number of ketones is 1. The van der Waals surface area contributed by atoms with E-state index < -0.39 is 17.6 Å². The number of aliphatic hydroxyl groups excluding tert-OH is 3. The van der Waals surface area contributed by atoms with Crippen LogP contribution < -0.4 is 0 Å². The molecule has 23 heavy (non-hydrogen) atoms. The third-order valence-corrected chi connectivity index (χ3v) is 7.81. The summed E-state index contributed by atoms with van der Waals surface area (Å²) in [5.74, 6) is 0.285. The Labute approximate surface area is 137 Å². The highest BCUT2D eigenvalue weighted by molar-refractivity contribution is 5.88. The van der Waals surface area contributed by atoms with Crippen LogP contribution in [0.15, 0.2) is 11.6 Å². The molecule has 0 amide bonds. The Morgan fingerprint density at radius 1 is 1.04 bits per heavy atom. The van der Waals surface area contributed by atoms with E-state index in [1.165, 1.54) is 5.57 Å². The van der Waals surface area contributed by atoms with Crippen molar-refractivity contribution in [2.45, 2.75) is 70.7 Å². The van der Waals surface area contributed by atoms with E-state index in [0.717, 1.165) is 25.7 Å². The maximum absolute atomic E-state index is 12.4. The van der Waals surface area contributed by atoms with Gasteiger partial charge in [0.15, 0.2) is 0 Å². The Morgan fingerprint density at radius 2 is 1.74 bits per heavy atom. The maximum Gasteiger partial charge on any atom is 0.141 e. The van der Waals surface area contributed by atoms with E-state index in [-0.39, 0.29) is 35.6 Å². The van der Waals surface area contributed by atoms with Crippen LogP contribution in [0.1, 0.15) is 52.4 Å². The van der Waals surface area contributed by atoms with E-state index in [4.69, 9.17) is 0 Å². The summed E-state index contributed by atoms with van der Waals surface area (Å²) in [6, 6.07) is 0. The van der Waals surface area contributed by atoms with Crippen LogP contribution in [0.5, 0.6) is 0 Å². The molecule has 0 aliphatic heterocycles. The largest absolute Gasteiger partial charge is 0.393 e. The van der Waals surface area contributed by atoms with Crippen LogP contribution in [0.2, 0.25) is 0 Å². The van der Waals surface area contributed by atoms with Crippen molar-refractivity contribution in [3.05, 3.63) is 11.6 Å². The van der Waals surface area contributed by atoms with Crippen molar-refractivity contribution in [1.82, 2.24) is 0 Å². The molecule has 4 nitrogen and oxygen atoms in total. The number of hydrogen-bond donors (Lipinski definition) is 3. The molecule has 0 radical (unpaired) electrons. The molecule has 0 saturated heterocycles. The lowest BCUT2D eigenvalue weighted by Gasteiger charge is -2.58. The first-order chi connectivity index (χ1) is 10.8. The molecule has 4 rings (SSSR count). The van der Waals surface area contributed by atoms with E-state index in [2.05, 4.69) is 6.92 Å². The molecule has 0 aromatic carbocycles. The van der Waals surface area contributed by atoms with Crippen LogP contribution in [0.4, 0.5) is 0 Å². The summed E-state index contributed by atoms with van der Waals surface area (Å²) < 4.78 is 0. The van der Waals surface area contributed by atoms with Crippen LogP contribution >= 0.6 is 0 Å². The molecular weight excluding hydrogens is 292 g/mol. The number of carbonyl (C=O) groups excluding carboxylic acids is 1. The molecule has 3 saturated carbocycles. The van der Waals surface area contributed by atoms with Crippen LogP contribution in [0, 0.1) is 28.6 Å². The van der Waals surface area contributed by atoms with Crippen molar-refractivity contribution in [1.29, 1.82) is 0 Å². The van der Waals surface area contributed by atoms with Crippen molar-refractivity contribution in [3.8, 4) is 0 Å². The van der Waals surface area contributed by atoms with E-state index >= 15 is 0 Å². The fourth-order valence-corrected chi connectivity index (χ4v) is 6.46. The van der Waals surface area contributed by atoms with Crippen molar-refractivity contribution in [3.63, 3.8) is 0 Å². The lowest BCUT2D eigenvalue weighted by Crippen LogP contribution is -2.56. The van der Waals surface area contributed by atoms with Gasteiger partial charge in [0.2, 0.25) is 0 Å². The number of rotatable bonds is 0. The normalized spacial score (nSPS) is 55.7. The topological polar surface area (TPSA) is 77.8 Å². The second kappa shape index (κ2) is 4.90. The monoisotopic (exact) mass is 320 g/mol. The standard InChI is InChI=1S/C19H28O4/c1-18-5-3-11(20)7-10(18)8-13(21)16-12(18)4-6-19(2)15(23)9-14(22)17(16)19/h8,11-14,16-17,20-22H,3-7,9H2,1-2H3/t11?,12-,13?,14?,16+,17+,18+,19-/m1/s1. The van der Waals surface area contributed by atoms with Gasteiger partial charge in [-0.3, -0.25) is 4.79 Å². The van der Waals surface area contributed by atoms with Gasteiger partial charge in [-0.05, 0) is 49.4 Å². The highest BCUT2D eigenvalue weighted by Gasteiger charge is 2.63. The molecular formula is C19H28O4. The summed E-state index contributed by atoms with van der Waals surface area (Å²) in [7, 11) is 0. The molecule has 0 spiro atoms. The van der Waals surface area contributed by atoms with Gasteiger partial charge in [-0.15, -0.1) is 0 Å². The fraction of sp³-hybridized carbons (Fsp3) is 0.842. The average Bonchev–Trinajstić information content (AvgIpc) is 2.71. The summed E-state index contributed by atoms with van der Waals surface area (Å²) in [5.41, 5.74) is 0.709. The van der Waals surface area contributed by atoms with Crippen LogP contribution in [-0.4, -0.2) is 39.4 Å². The zero-order valence-corrected chi connectivity index (χ0v) is 14.0. The molecule has 4 aliphatic carbocycles. The third-order valence-electron chi connectivity index (χ3n) is 7.81. The molecule has 0 aromatic heterocycles. The average molecular weight is 320 g/mol. The summed E-state index contributed by atoms with van der Waals surface area (Å²) in [4.78, 5) is 12.4. The van der Waals surface area contributed by atoms with Crippen molar-refractivity contribution >= 4 is 5.78 Å². The van der Waals surface area contributed by atoms with Gasteiger partial charge in [0.05, 0.1) is 18.3 Å². The van der Waals surface area contributed by atoms with Crippen molar-refractivity contribution in [2.75, 3.05) is 0 Å². The minimum absolute atomic E-state index is 0.00415. The summed E-state index contributed by atoms with van der Waals surface area (Å²) >= 11 is 0. The Kier molecular flexibility index (Phi) is 3.37. The lowest BCUT2D eigenvalue weighted by molar-refractivity contribution is -0.138. The second-order valence-electron chi connectivity index (χ2n) is 8.86. The first kappa shape index (κ1) is 15.8. The van der Waals surface area contributed by atoms with Crippen molar-refractivity contribution in [2.24, 2.45) is 28.6 Å². The minimum Gasteiger partial charge on any atom is -0.393 e. The fourth-order valence-electron chi connectivity index (χ4n) is 6.46. The van der Waals surface area contributed by atoms with Gasteiger partial charge in [0.1, 0.15) is 5.78 Å². The number of Topliss-reactive ketones (excluding diaryl/α,β-unsaturated/α-hetero) is 1. The number of hydrogen-bond acceptors (Lipinski definition) is 4. The lowest BCUT2D eigenvalue weighted by atomic mass is 9.47. The molecule has 128 valence electrons. The first-order valence-electron chi connectivity index (χ1n) is 9.06. The molecule has 0 bridgehead atoms. The Morgan fingerprint density at radius 3 is 2.48 bits per heavy atom. The van der Waals surface area contributed by atoms with Crippen molar-refractivity contribution < 1.29 is 20.1 Å². The van der Waals surface area contributed by atoms with E-state index in [9.17, 15) is 20.1 Å². The van der Waals surface area contributed by atoms with Gasteiger partial charge in [0, 0.05) is 17.8 Å². The number of carbonyl (C=O) groups is 1. The van der Waals surface area contributed by atoms with Crippen LogP contribution in [-0.2, 0) is 4.79 Å². The molecule has 4 heteroatoms. The SMILES string of the molecule is C[C@]12CCC(O)CC1=CC(O)[C@@H]1[C@H]2CC[C@]2(C)C(=O)CC(O)[C@@H]12. The number of fused-ring (bicyclic) bond motifs is 5. The second-order valence-corrected chi connectivity index (χ2v) is 8.86. The molecule has 8 atom stereocenters. The maximum atomic E-state index is 12.4. The molecule has 3 unspecified atom stereocenters. The predicted molar refractivity (Wildman–Crippen MR) is 85.5 cm³/mol. The quantitative estimate of drug-likeness (QED) is 0.595. The Hall–Kier alpha value is -0.710. The Bertz CT molecular complexity index is 570. The minimum atomic E-state index is -0.623. The van der Waals surface area contributed by atoms with Crippen LogP contribution in [0.3, 0.4) is 0 Å². The van der Waals surface area contributed by atoms with Gasteiger partial charge >= 0.3 is 0 Å². The molecule has 4 aliphatic rings. The zero-order valence-electron chi connectivity index (χ0n) is 14.0. The summed E-state index contributed by atoms with van der Waals surface area (Å²) in [6.07, 6.45) is 4.77. The Balaban J connectivity index is 1.77. The molecule has 0 heterocycles. The predicted octanol–water partition coefficient (Wildman–Crippen LogP) is 1.82. The smallest absolute Gasteiger partial charge is 0.141 e. The third kappa shape index (κ3) is 1.98. The molecule has 3 N–H and O–H groups in total. The van der Waals surface area contributed by atoms with E-state index in [0.29, 0.717) is 12.3 Å². The highest BCUT2D eigenvalue weighted by atomic mass is 16.3. The van der Waals surface area contributed by atoms with E-state index in [1.54, 1.807) is 0 Å². The molecule has 0 aromatic rings. The number of aliphatic hydroxyl groups is 3. The van der Waals surface area contributed by atoms with Crippen LogP contribution in [0.25, 0.3) is 0 Å². The van der Waals surface area contributed by atoms with Gasteiger partial charge in [-0.25, -0.2) is 0 Å². The summed E-state index contributed by atoms with van der Waals surface area (Å²) in [5, 5.41) is 31.4. The van der Waals surface area contributed by atoms with E-state index in [1.807, 2.05) is 13.0 Å². The van der Waals surface area contributed by atoms with Gasteiger partial charge < -0.3 is 15.3 Å². The highest BCUT2D eigenvalue weighted by Crippen LogP contribution is 2.63. The first-order valence-corrected chi connectivity index (χ1v) is 9.06. The molecule has 3 fully saturated rings. The zero-order chi connectivity index (χ0) is 16.6.